The molecule has 0 fully saturated rings. The minimum absolute atomic E-state index is 0.0351. The molecule has 9 nitrogen and oxygen atoms in total. The van der Waals surface area contributed by atoms with Crippen LogP contribution in [-0.4, -0.2) is 35.7 Å². The summed E-state index contributed by atoms with van der Waals surface area (Å²) in [6, 6.07) is 26.8. The third-order valence-electron chi connectivity index (χ3n) is 7.27. The van der Waals surface area contributed by atoms with Gasteiger partial charge >= 0.3 is 0 Å². The van der Waals surface area contributed by atoms with E-state index in [1.54, 1.807) is 66.7 Å². The number of nitrogens with one attached hydrogen (secondary N) is 1. The Balaban J connectivity index is 1.61. The third kappa shape index (κ3) is 7.44. The summed E-state index contributed by atoms with van der Waals surface area (Å²) in [5.41, 5.74) is 10.8. The molecule has 0 saturated heterocycles. The number of aliphatic hydroxyl groups excluding tert-OH is 1. The molecule has 0 aromatic heterocycles. The maximum Gasteiger partial charge on any atom is 0.252 e. The highest BCUT2D eigenvalue weighted by atomic mass is 79.9. The Morgan fingerprint density at radius 1 is 1.07 bits per heavy atom. The molecule has 5 rings (SSSR count). The molecule has 0 unspecified atom stereocenters. The van der Waals surface area contributed by atoms with Crippen molar-refractivity contribution < 1.29 is 19.4 Å². The van der Waals surface area contributed by atoms with Crippen LogP contribution in [0.25, 0.3) is 10.4 Å². The van der Waals surface area contributed by atoms with Gasteiger partial charge in [-0.05, 0) is 59.1 Å². The number of halogens is 3. The van der Waals surface area contributed by atoms with Crippen molar-refractivity contribution in [3.63, 3.8) is 0 Å². The van der Waals surface area contributed by atoms with Crippen LogP contribution < -0.4 is 10.1 Å². The SMILES string of the molecule is [N-]=[N+]=Nc1ccccc1[C@H]1OC(c2ccc(OCCCO)cc2)=N[C@@]1(Cc1ccccc1Br)C(=O)NCc1ccc(Cl)cc1Cl. The van der Waals surface area contributed by atoms with Gasteiger partial charge in [-0.3, -0.25) is 4.79 Å². The van der Waals surface area contributed by atoms with E-state index in [4.69, 9.17) is 42.8 Å². The predicted molar refractivity (Wildman–Crippen MR) is 178 cm³/mol. The maximum atomic E-state index is 14.5. The number of carbonyl (C=O) groups is 1. The largest absolute Gasteiger partial charge is 0.494 e. The molecule has 1 amide bonds. The second-order valence-corrected chi connectivity index (χ2v) is 11.9. The van der Waals surface area contributed by atoms with Crippen LogP contribution >= 0.6 is 39.1 Å². The van der Waals surface area contributed by atoms with Crippen LogP contribution in [0.1, 0.15) is 34.8 Å². The lowest BCUT2D eigenvalue weighted by Gasteiger charge is -2.31. The minimum Gasteiger partial charge on any atom is -0.494 e. The quantitative estimate of drug-likeness (QED) is 0.0664. The zero-order valence-electron chi connectivity index (χ0n) is 23.9. The van der Waals surface area contributed by atoms with Gasteiger partial charge < -0.3 is 19.9 Å². The van der Waals surface area contributed by atoms with Crippen LogP contribution in [0.15, 0.2) is 106 Å². The van der Waals surface area contributed by atoms with E-state index in [0.717, 1.165) is 10.0 Å². The molecule has 0 saturated carbocycles. The Morgan fingerprint density at radius 3 is 2.56 bits per heavy atom. The number of aliphatic imine (C=N–C) groups is 1. The molecule has 0 spiro atoms. The van der Waals surface area contributed by atoms with Crippen LogP contribution in [0.3, 0.4) is 0 Å². The van der Waals surface area contributed by atoms with Gasteiger partial charge in [-0.2, -0.15) is 0 Å². The molecule has 2 atom stereocenters. The Bertz CT molecular complexity index is 1760. The Hall–Kier alpha value is -4.05. The maximum absolute atomic E-state index is 14.5. The lowest BCUT2D eigenvalue weighted by Crippen LogP contribution is -2.49. The Kier molecular flexibility index (Phi) is 10.7. The smallest absolute Gasteiger partial charge is 0.252 e. The number of hydrogen-bond acceptors (Lipinski definition) is 6. The van der Waals surface area contributed by atoms with Crippen LogP contribution in [-0.2, 0) is 22.5 Å². The van der Waals surface area contributed by atoms with Crippen molar-refractivity contribution in [2.75, 3.05) is 13.2 Å². The fraction of sp³-hybridized carbons (Fsp3) is 0.212. The van der Waals surface area contributed by atoms with Gasteiger partial charge in [0.25, 0.3) is 5.91 Å². The third-order valence-corrected chi connectivity index (χ3v) is 8.63. The highest BCUT2D eigenvalue weighted by molar-refractivity contribution is 9.10. The van der Waals surface area contributed by atoms with Crippen molar-refractivity contribution in [2.45, 2.75) is 31.0 Å². The Labute approximate surface area is 278 Å². The normalized spacial score (nSPS) is 17.2. The predicted octanol–water partition coefficient (Wildman–Crippen LogP) is 8.27. The fourth-order valence-corrected chi connectivity index (χ4v) is 5.93. The van der Waals surface area contributed by atoms with Gasteiger partial charge in [0.15, 0.2) is 11.6 Å². The molecule has 0 bridgehead atoms. The topological polar surface area (TPSA) is 129 Å². The first-order valence-electron chi connectivity index (χ1n) is 14.0. The molecule has 45 heavy (non-hydrogen) atoms. The second-order valence-electron chi connectivity index (χ2n) is 10.2. The highest BCUT2D eigenvalue weighted by Crippen LogP contribution is 2.46. The van der Waals surface area contributed by atoms with E-state index >= 15 is 0 Å². The standard InChI is InChI=1S/C33H28BrCl2N5O4/c34-27-8-3-1-6-22(27)19-33(32(43)38-20-23-10-13-24(35)18-28(23)36)30(26-7-2-4-9-29(26)40-41-37)45-31(39-33)21-11-14-25(15-12-21)44-17-5-16-42/h1-4,6-15,18,30,42H,5,16-17,19-20H2,(H,38,43)/t30-,33-/m1/s1. The molecule has 0 aliphatic carbocycles. The molecule has 0 radical (unpaired) electrons. The summed E-state index contributed by atoms with van der Waals surface area (Å²) in [7, 11) is 0. The van der Waals surface area contributed by atoms with Crippen LogP contribution in [0, 0.1) is 0 Å². The van der Waals surface area contributed by atoms with Gasteiger partial charge in [0.2, 0.25) is 5.90 Å². The van der Waals surface area contributed by atoms with E-state index < -0.39 is 17.6 Å². The van der Waals surface area contributed by atoms with Gasteiger partial charge in [0, 0.05) is 62.2 Å². The molecule has 1 aliphatic heterocycles. The molecular formula is C33H28BrCl2N5O4. The van der Waals surface area contributed by atoms with Crippen molar-refractivity contribution >= 4 is 56.6 Å². The average Bonchev–Trinajstić information content (AvgIpc) is 3.43. The van der Waals surface area contributed by atoms with Crippen LogP contribution in [0.5, 0.6) is 5.75 Å². The summed E-state index contributed by atoms with van der Waals surface area (Å²) in [5.74, 6) is 0.446. The minimum atomic E-state index is -1.53. The van der Waals surface area contributed by atoms with Gasteiger partial charge in [-0.1, -0.05) is 92.8 Å². The van der Waals surface area contributed by atoms with Crippen molar-refractivity contribution in [1.29, 1.82) is 0 Å². The number of hydrogen-bond donors (Lipinski definition) is 2. The highest BCUT2D eigenvalue weighted by Gasteiger charge is 2.54. The first-order chi connectivity index (χ1) is 21.8. The number of benzene rings is 4. The number of azide groups is 1. The van der Waals surface area contributed by atoms with Crippen molar-refractivity contribution in [2.24, 2.45) is 10.1 Å². The molecule has 4 aromatic carbocycles. The molecule has 1 heterocycles. The number of aliphatic hydroxyl groups is 1. The molecule has 12 heteroatoms. The van der Waals surface area contributed by atoms with Crippen LogP contribution in [0.2, 0.25) is 10.0 Å². The van der Waals surface area contributed by atoms with Gasteiger partial charge in [-0.25, -0.2) is 4.99 Å². The van der Waals surface area contributed by atoms with Crippen molar-refractivity contribution in [3.8, 4) is 5.75 Å². The van der Waals surface area contributed by atoms with Crippen LogP contribution in [0.4, 0.5) is 5.69 Å². The molecule has 230 valence electrons. The first-order valence-corrected chi connectivity index (χ1v) is 15.6. The first kappa shape index (κ1) is 32.3. The van der Waals surface area contributed by atoms with E-state index in [1.165, 1.54) is 0 Å². The summed E-state index contributed by atoms with van der Waals surface area (Å²) in [4.78, 5) is 22.6. The zero-order chi connectivity index (χ0) is 31.8. The van der Waals surface area contributed by atoms with Crippen molar-refractivity contribution in [1.82, 2.24) is 5.32 Å². The summed E-state index contributed by atoms with van der Waals surface area (Å²) in [6.45, 7) is 0.522. The fourth-order valence-electron chi connectivity index (χ4n) is 5.03. The Morgan fingerprint density at radius 2 is 1.82 bits per heavy atom. The monoisotopic (exact) mass is 707 g/mol. The molecular weight excluding hydrogens is 681 g/mol. The second kappa shape index (κ2) is 14.8. The zero-order valence-corrected chi connectivity index (χ0v) is 27.0. The molecule has 1 aliphatic rings. The summed E-state index contributed by atoms with van der Waals surface area (Å²) in [5, 5.41) is 16.9. The van der Waals surface area contributed by atoms with E-state index in [-0.39, 0.29) is 25.5 Å². The lowest BCUT2D eigenvalue weighted by molar-refractivity contribution is -0.129. The number of carbonyl (C=O) groups excluding carboxylic acids is 1. The van der Waals surface area contributed by atoms with E-state index in [0.29, 0.717) is 51.2 Å². The molecule has 2 N–H and O–H groups in total. The molecule has 4 aromatic rings. The number of ether oxygens (including phenoxy) is 2. The number of nitrogens with zero attached hydrogens (tertiary/aromatic N) is 4. The summed E-state index contributed by atoms with van der Waals surface area (Å²) >= 11 is 16.2. The average molecular weight is 709 g/mol. The number of rotatable bonds is 12. The van der Waals surface area contributed by atoms with E-state index in [2.05, 4.69) is 31.3 Å². The van der Waals surface area contributed by atoms with Gasteiger partial charge in [0.1, 0.15) is 5.75 Å². The summed E-state index contributed by atoms with van der Waals surface area (Å²) in [6.07, 6.45) is -0.310. The van der Waals surface area contributed by atoms with E-state index in [1.807, 2.05) is 24.3 Å². The summed E-state index contributed by atoms with van der Waals surface area (Å²) < 4.78 is 13.1. The van der Waals surface area contributed by atoms with Crippen molar-refractivity contribution in [3.05, 3.63) is 138 Å². The van der Waals surface area contributed by atoms with Gasteiger partial charge in [-0.15, -0.1) is 0 Å². The number of amides is 1. The van der Waals surface area contributed by atoms with Gasteiger partial charge in [0.05, 0.1) is 6.61 Å². The lowest BCUT2D eigenvalue weighted by atomic mass is 9.81. The van der Waals surface area contributed by atoms with E-state index in [9.17, 15) is 10.3 Å².